The lowest BCUT2D eigenvalue weighted by molar-refractivity contribution is 0.221. The second-order valence-electron chi connectivity index (χ2n) is 4.82. The van der Waals surface area contributed by atoms with Gasteiger partial charge in [-0.05, 0) is 43.6 Å². The third-order valence-corrected chi connectivity index (χ3v) is 3.58. The Labute approximate surface area is 102 Å². The summed E-state index contributed by atoms with van der Waals surface area (Å²) in [7, 11) is 0. The van der Waals surface area contributed by atoms with Crippen molar-refractivity contribution in [2.75, 3.05) is 13.1 Å². The Morgan fingerprint density at radius 3 is 2.71 bits per heavy atom. The first-order valence-electron chi connectivity index (χ1n) is 6.48. The fraction of sp³-hybridized carbons (Fsp3) is 0.400. The molecule has 2 aromatic rings. The molecule has 0 N–H and O–H groups in total. The Bertz CT molecular complexity index is 496. The van der Waals surface area contributed by atoms with Crippen LogP contribution in [-0.4, -0.2) is 23.0 Å². The Morgan fingerprint density at radius 2 is 1.82 bits per heavy atom. The van der Waals surface area contributed by atoms with Crippen molar-refractivity contribution in [1.29, 1.82) is 0 Å². The van der Waals surface area contributed by atoms with E-state index >= 15 is 0 Å². The maximum atomic E-state index is 4.42. The summed E-state index contributed by atoms with van der Waals surface area (Å²) >= 11 is 0. The van der Waals surface area contributed by atoms with E-state index in [-0.39, 0.29) is 0 Å². The summed E-state index contributed by atoms with van der Waals surface area (Å²) < 4.78 is 0. The molecule has 3 rings (SSSR count). The number of fused-ring (bicyclic) bond motifs is 1. The number of aromatic nitrogens is 1. The minimum absolute atomic E-state index is 1.07. The van der Waals surface area contributed by atoms with Gasteiger partial charge in [0.1, 0.15) is 0 Å². The standard InChI is InChI=1S/C15H18N2/c1-4-10-17(11-5-1)12-13-8-9-16-15-7-3-2-6-14(13)15/h2-3,6-9H,1,4-5,10-12H2. The van der Waals surface area contributed by atoms with Gasteiger partial charge in [-0.2, -0.15) is 0 Å². The molecule has 1 saturated heterocycles. The lowest BCUT2D eigenvalue weighted by Gasteiger charge is -2.26. The Balaban J connectivity index is 1.89. The second-order valence-corrected chi connectivity index (χ2v) is 4.82. The molecule has 0 unspecified atom stereocenters. The highest BCUT2D eigenvalue weighted by molar-refractivity contribution is 5.81. The quantitative estimate of drug-likeness (QED) is 0.781. The molecule has 88 valence electrons. The molecular formula is C15H18N2. The number of nitrogens with zero attached hydrogens (tertiary/aromatic N) is 2. The molecule has 0 amide bonds. The number of benzene rings is 1. The van der Waals surface area contributed by atoms with Gasteiger partial charge in [0.05, 0.1) is 5.52 Å². The third kappa shape index (κ3) is 2.32. The van der Waals surface area contributed by atoms with Crippen LogP contribution < -0.4 is 0 Å². The number of hydrogen-bond donors (Lipinski definition) is 0. The minimum Gasteiger partial charge on any atom is -0.299 e. The van der Waals surface area contributed by atoms with Crippen molar-refractivity contribution < 1.29 is 0 Å². The van der Waals surface area contributed by atoms with Gasteiger partial charge in [0, 0.05) is 18.1 Å². The normalized spacial score (nSPS) is 17.4. The van der Waals surface area contributed by atoms with Crippen LogP contribution in [0.3, 0.4) is 0 Å². The predicted octanol–water partition coefficient (Wildman–Crippen LogP) is 3.22. The van der Waals surface area contributed by atoms with E-state index in [9.17, 15) is 0 Å². The van der Waals surface area contributed by atoms with Crippen LogP contribution in [-0.2, 0) is 6.54 Å². The molecule has 1 aliphatic rings. The summed E-state index contributed by atoms with van der Waals surface area (Å²) in [5.74, 6) is 0. The van der Waals surface area contributed by atoms with Crippen LogP contribution in [0, 0.1) is 0 Å². The lowest BCUT2D eigenvalue weighted by Crippen LogP contribution is -2.29. The summed E-state index contributed by atoms with van der Waals surface area (Å²) in [5, 5.41) is 1.31. The van der Waals surface area contributed by atoms with E-state index in [1.54, 1.807) is 0 Å². The topological polar surface area (TPSA) is 16.1 Å². The van der Waals surface area contributed by atoms with Crippen molar-refractivity contribution in [3.63, 3.8) is 0 Å². The summed E-state index contributed by atoms with van der Waals surface area (Å²) in [6.07, 6.45) is 6.03. The van der Waals surface area contributed by atoms with Gasteiger partial charge in [0.15, 0.2) is 0 Å². The van der Waals surface area contributed by atoms with Gasteiger partial charge in [-0.1, -0.05) is 24.6 Å². The van der Waals surface area contributed by atoms with E-state index in [4.69, 9.17) is 0 Å². The van der Waals surface area contributed by atoms with Crippen molar-refractivity contribution in [2.24, 2.45) is 0 Å². The third-order valence-electron chi connectivity index (χ3n) is 3.58. The van der Waals surface area contributed by atoms with Gasteiger partial charge >= 0.3 is 0 Å². The highest BCUT2D eigenvalue weighted by Crippen LogP contribution is 2.19. The van der Waals surface area contributed by atoms with E-state index in [0.29, 0.717) is 0 Å². The second kappa shape index (κ2) is 4.84. The zero-order valence-electron chi connectivity index (χ0n) is 10.1. The number of para-hydroxylation sites is 1. The first-order valence-corrected chi connectivity index (χ1v) is 6.48. The van der Waals surface area contributed by atoms with Gasteiger partial charge < -0.3 is 0 Å². The van der Waals surface area contributed by atoms with Crippen LogP contribution in [0.1, 0.15) is 24.8 Å². The number of hydrogen-bond acceptors (Lipinski definition) is 2. The summed E-state index contributed by atoms with van der Waals surface area (Å²) in [4.78, 5) is 6.98. The molecule has 0 radical (unpaired) electrons. The average Bonchev–Trinajstić information content (AvgIpc) is 2.40. The molecule has 0 saturated carbocycles. The number of pyridine rings is 1. The number of likely N-dealkylation sites (tertiary alicyclic amines) is 1. The van der Waals surface area contributed by atoms with Gasteiger partial charge in [-0.3, -0.25) is 9.88 Å². The monoisotopic (exact) mass is 226 g/mol. The van der Waals surface area contributed by atoms with Crippen LogP contribution in [0.5, 0.6) is 0 Å². The van der Waals surface area contributed by atoms with Crippen LogP contribution in [0.4, 0.5) is 0 Å². The van der Waals surface area contributed by atoms with Crippen LogP contribution in [0.2, 0.25) is 0 Å². The Hall–Kier alpha value is -1.41. The lowest BCUT2D eigenvalue weighted by atomic mass is 10.1. The first kappa shape index (κ1) is 10.7. The SMILES string of the molecule is c1ccc2c(CN3CCCCC3)ccnc2c1. The van der Waals surface area contributed by atoms with Crippen LogP contribution in [0.25, 0.3) is 10.9 Å². The smallest absolute Gasteiger partial charge is 0.0705 e. The molecule has 1 fully saturated rings. The van der Waals surface area contributed by atoms with Crippen LogP contribution >= 0.6 is 0 Å². The average molecular weight is 226 g/mol. The van der Waals surface area contributed by atoms with Crippen molar-refractivity contribution in [1.82, 2.24) is 9.88 Å². The number of rotatable bonds is 2. The molecule has 1 aliphatic heterocycles. The Morgan fingerprint density at radius 1 is 1.00 bits per heavy atom. The van der Waals surface area contributed by atoms with Crippen molar-refractivity contribution >= 4 is 10.9 Å². The molecule has 0 spiro atoms. The van der Waals surface area contributed by atoms with Crippen LogP contribution in [0.15, 0.2) is 36.5 Å². The molecule has 2 heterocycles. The molecule has 0 aliphatic carbocycles. The van der Waals surface area contributed by atoms with E-state index in [1.807, 2.05) is 6.20 Å². The van der Waals surface area contributed by atoms with Gasteiger partial charge in [0.2, 0.25) is 0 Å². The van der Waals surface area contributed by atoms with E-state index in [1.165, 1.54) is 43.3 Å². The first-order chi connectivity index (χ1) is 8.43. The van der Waals surface area contributed by atoms with Crippen molar-refractivity contribution in [3.8, 4) is 0 Å². The fourth-order valence-electron chi connectivity index (χ4n) is 2.65. The van der Waals surface area contributed by atoms with Crippen molar-refractivity contribution in [3.05, 3.63) is 42.1 Å². The van der Waals surface area contributed by atoms with Gasteiger partial charge in [0.25, 0.3) is 0 Å². The highest BCUT2D eigenvalue weighted by atomic mass is 15.1. The molecule has 2 nitrogen and oxygen atoms in total. The zero-order chi connectivity index (χ0) is 11.5. The summed E-state index contributed by atoms with van der Waals surface area (Å²) in [5.41, 5.74) is 2.53. The molecule has 1 aromatic carbocycles. The van der Waals surface area contributed by atoms with Gasteiger partial charge in [-0.15, -0.1) is 0 Å². The maximum Gasteiger partial charge on any atom is 0.0705 e. The molecule has 0 bridgehead atoms. The molecular weight excluding hydrogens is 208 g/mol. The van der Waals surface area contributed by atoms with E-state index in [0.717, 1.165) is 12.1 Å². The molecule has 2 heteroatoms. The summed E-state index contributed by atoms with van der Waals surface area (Å²) in [6.45, 7) is 3.57. The van der Waals surface area contributed by atoms with E-state index < -0.39 is 0 Å². The van der Waals surface area contributed by atoms with Gasteiger partial charge in [-0.25, -0.2) is 0 Å². The fourth-order valence-corrected chi connectivity index (χ4v) is 2.65. The predicted molar refractivity (Wildman–Crippen MR) is 70.9 cm³/mol. The van der Waals surface area contributed by atoms with Crippen molar-refractivity contribution in [2.45, 2.75) is 25.8 Å². The Kier molecular flexibility index (Phi) is 3.06. The highest BCUT2D eigenvalue weighted by Gasteiger charge is 2.11. The largest absolute Gasteiger partial charge is 0.299 e. The maximum absolute atomic E-state index is 4.42. The minimum atomic E-state index is 1.07. The molecule has 1 aromatic heterocycles. The number of piperidine rings is 1. The molecule has 0 atom stereocenters. The molecule has 17 heavy (non-hydrogen) atoms. The zero-order valence-corrected chi connectivity index (χ0v) is 10.1. The van der Waals surface area contributed by atoms with E-state index in [2.05, 4.69) is 40.2 Å². The summed E-state index contributed by atoms with van der Waals surface area (Å²) in [6, 6.07) is 10.6.